The van der Waals surface area contributed by atoms with E-state index in [4.69, 9.17) is 0 Å². The molecule has 2 rings (SSSR count). The molecule has 0 unspecified atom stereocenters. The van der Waals surface area contributed by atoms with Crippen LogP contribution < -0.4 is 10.6 Å². The summed E-state index contributed by atoms with van der Waals surface area (Å²) in [4.78, 5) is 20.2. The number of rotatable bonds is 4. The maximum absolute atomic E-state index is 13.3. The molecule has 2 aromatic heterocycles. The van der Waals surface area contributed by atoms with Crippen molar-refractivity contribution in [3.05, 3.63) is 47.7 Å². The fraction of sp³-hybridized carbons (Fsp3) is 0.214. The van der Waals surface area contributed by atoms with Crippen LogP contribution >= 0.6 is 0 Å². The van der Waals surface area contributed by atoms with Gasteiger partial charge in [-0.3, -0.25) is 9.78 Å². The lowest BCUT2D eigenvalue weighted by Crippen LogP contribution is -2.17. The van der Waals surface area contributed by atoms with Crippen LogP contribution in [-0.2, 0) is 0 Å². The first kappa shape index (κ1) is 13.9. The predicted molar refractivity (Wildman–Crippen MR) is 75.3 cm³/mol. The number of halogens is 1. The Morgan fingerprint density at radius 1 is 1.40 bits per heavy atom. The van der Waals surface area contributed by atoms with Crippen LogP contribution in [0.3, 0.4) is 0 Å². The highest BCUT2D eigenvalue weighted by Crippen LogP contribution is 2.17. The normalized spacial score (nSPS) is 10.2. The molecule has 5 nitrogen and oxygen atoms in total. The van der Waals surface area contributed by atoms with Gasteiger partial charge in [-0.15, -0.1) is 0 Å². The van der Waals surface area contributed by atoms with E-state index in [0.717, 1.165) is 12.3 Å². The van der Waals surface area contributed by atoms with Gasteiger partial charge < -0.3 is 10.6 Å². The number of carbonyl (C=O) groups excluding carboxylic acids is 1. The quantitative estimate of drug-likeness (QED) is 0.899. The molecular formula is C14H15FN4O. The standard InChI is InChI=1S/C14H15FN4O/c1-3-16-13-11(7-10(15)8-18-13)14(20)19-12-5-4-6-17-9(12)2/h4-8H,3H2,1-2H3,(H,16,18)(H,19,20). The highest BCUT2D eigenvalue weighted by Gasteiger charge is 2.14. The minimum absolute atomic E-state index is 0.162. The number of anilines is 2. The van der Waals surface area contributed by atoms with Crippen LogP contribution in [0.5, 0.6) is 0 Å². The SMILES string of the molecule is CCNc1ncc(F)cc1C(=O)Nc1cccnc1C. The minimum atomic E-state index is -0.556. The Bertz CT molecular complexity index is 630. The van der Waals surface area contributed by atoms with Gasteiger partial charge in [0.2, 0.25) is 0 Å². The molecule has 0 saturated carbocycles. The highest BCUT2D eigenvalue weighted by molar-refractivity contribution is 6.07. The van der Waals surface area contributed by atoms with Crippen LogP contribution in [0.2, 0.25) is 0 Å². The third-order valence-electron chi connectivity index (χ3n) is 2.70. The number of amides is 1. The van der Waals surface area contributed by atoms with Crippen molar-refractivity contribution < 1.29 is 9.18 Å². The first-order valence-electron chi connectivity index (χ1n) is 6.24. The number of pyridine rings is 2. The van der Waals surface area contributed by atoms with E-state index in [2.05, 4.69) is 20.6 Å². The van der Waals surface area contributed by atoms with Crippen LogP contribution in [0.15, 0.2) is 30.6 Å². The maximum atomic E-state index is 13.3. The molecule has 2 aromatic rings. The number of aryl methyl sites for hydroxylation is 1. The summed E-state index contributed by atoms with van der Waals surface area (Å²) in [6.45, 7) is 4.24. The fourth-order valence-electron chi connectivity index (χ4n) is 1.73. The van der Waals surface area contributed by atoms with E-state index in [1.807, 2.05) is 6.92 Å². The van der Waals surface area contributed by atoms with Crippen molar-refractivity contribution in [2.45, 2.75) is 13.8 Å². The number of hydrogen-bond donors (Lipinski definition) is 2. The van der Waals surface area contributed by atoms with Gasteiger partial charge in [0, 0.05) is 12.7 Å². The molecule has 0 aromatic carbocycles. The molecular weight excluding hydrogens is 259 g/mol. The van der Waals surface area contributed by atoms with E-state index in [9.17, 15) is 9.18 Å². The number of hydrogen-bond acceptors (Lipinski definition) is 4. The smallest absolute Gasteiger partial charge is 0.259 e. The summed E-state index contributed by atoms with van der Waals surface area (Å²) in [5.41, 5.74) is 1.44. The van der Waals surface area contributed by atoms with Gasteiger partial charge in [0.05, 0.1) is 23.1 Å². The van der Waals surface area contributed by atoms with Crippen LogP contribution in [0.25, 0.3) is 0 Å². The Labute approximate surface area is 116 Å². The molecule has 6 heteroatoms. The molecule has 0 fully saturated rings. The molecule has 0 bridgehead atoms. The highest BCUT2D eigenvalue weighted by atomic mass is 19.1. The van der Waals surface area contributed by atoms with Crippen molar-refractivity contribution >= 4 is 17.4 Å². The lowest BCUT2D eigenvalue weighted by atomic mass is 10.2. The third-order valence-corrected chi connectivity index (χ3v) is 2.70. The van der Waals surface area contributed by atoms with Gasteiger partial charge in [-0.05, 0) is 32.0 Å². The number of aromatic nitrogens is 2. The average Bonchev–Trinajstić information content (AvgIpc) is 2.43. The van der Waals surface area contributed by atoms with E-state index in [0.29, 0.717) is 23.7 Å². The molecule has 0 aliphatic carbocycles. The van der Waals surface area contributed by atoms with E-state index >= 15 is 0 Å². The lowest BCUT2D eigenvalue weighted by molar-refractivity contribution is 0.102. The zero-order chi connectivity index (χ0) is 14.5. The molecule has 2 N–H and O–H groups in total. The monoisotopic (exact) mass is 274 g/mol. The molecule has 1 amide bonds. The topological polar surface area (TPSA) is 66.9 Å². The van der Waals surface area contributed by atoms with Gasteiger partial charge in [0.25, 0.3) is 5.91 Å². The van der Waals surface area contributed by atoms with Crippen molar-refractivity contribution in [3.63, 3.8) is 0 Å². The summed E-state index contributed by atoms with van der Waals surface area (Å²) in [5, 5.41) is 5.63. The second-order valence-corrected chi connectivity index (χ2v) is 4.17. The van der Waals surface area contributed by atoms with E-state index in [1.165, 1.54) is 0 Å². The summed E-state index contributed by atoms with van der Waals surface area (Å²) >= 11 is 0. The van der Waals surface area contributed by atoms with Crippen molar-refractivity contribution in [1.82, 2.24) is 9.97 Å². The maximum Gasteiger partial charge on any atom is 0.259 e. The van der Waals surface area contributed by atoms with E-state index < -0.39 is 11.7 Å². The second-order valence-electron chi connectivity index (χ2n) is 4.17. The van der Waals surface area contributed by atoms with Gasteiger partial charge in [0.15, 0.2) is 0 Å². The molecule has 104 valence electrons. The molecule has 0 aliphatic heterocycles. The Kier molecular flexibility index (Phi) is 4.24. The largest absolute Gasteiger partial charge is 0.370 e. The molecule has 0 radical (unpaired) electrons. The van der Waals surface area contributed by atoms with Gasteiger partial charge in [0.1, 0.15) is 11.6 Å². The van der Waals surface area contributed by atoms with E-state index in [-0.39, 0.29) is 5.56 Å². The van der Waals surface area contributed by atoms with Crippen molar-refractivity contribution in [1.29, 1.82) is 0 Å². The third kappa shape index (κ3) is 3.09. The number of carbonyl (C=O) groups is 1. The predicted octanol–water partition coefficient (Wildman–Crippen LogP) is 2.61. The molecule has 2 heterocycles. The fourth-order valence-corrected chi connectivity index (χ4v) is 1.73. The average molecular weight is 274 g/mol. The first-order valence-corrected chi connectivity index (χ1v) is 6.24. The van der Waals surface area contributed by atoms with Gasteiger partial charge in [-0.1, -0.05) is 0 Å². The Morgan fingerprint density at radius 2 is 2.20 bits per heavy atom. The van der Waals surface area contributed by atoms with Crippen LogP contribution in [0, 0.1) is 12.7 Å². The van der Waals surface area contributed by atoms with Crippen molar-refractivity contribution in [2.75, 3.05) is 17.2 Å². The lowest BCUT2D eigenvalue weighted by Gasteiger charge is -2.11. The summed E-state index contributed by atoms with van der Waals surface area (Å²) < 4.78 is 13.3. The summed E-state index contributed by atoms with van der Waals surface area (Å²) in [6, 6.07) is 4.61. The Morgan fingerprint density at radius 3 is 2.90 bits per heavy atom. The summed E-state index contributed by atoms with van der Waals surface area (Å²) in [5.74, 6) is -0.628. The van der Waals surface area contributed by atoms with Gasteiger partial charge in [-0.25, -0.2) is 9.37 Å². The second kappa shape index (κ2) is 6.10. The molecule has 20 heavy (non-hydrogen) atoms. The Balaban J connectivity index is 2.29. The summed E-state index contributed by atoms with van der Waals surface area (Å²) in [6.07, 6.45) is 2.71. The van der Waals surface area contributed by atoms with Crippen LogP contribution in [0.4, 0.5) is 15.9 Å². The zero-order valence-corrected chi connectivity index (χ0v) is 11.3. The molecule has 0 atom stereocenters. The van der Waals surface area contributed by atoms with Gasteiger partial charge in [-0.2, -0.15) is 0 Å². The molecule has 0 spiro atoms. The Hall–Kier alpha value is -2.50. The molecule has 0 saturated heterocycles. The summed E-state index contributed by atoms with van der Waals surface area (Å²) in [7, 11) is 0. The zero-order valence-electron chi connectivity index (χ0n) is 11.3. The number of nitrogens with zero attached hydrogens (tertiary/aromatic N) is 2. The van der Waals surface area contributed by atoms with Crippen molar-refractivity contribution in [3.8, 4) is 0 Å². The first-order chi connectivity index (χ1) is 9.61. The number of nitrogens with one attached hydrogen (secondary N) is 2. The van der Waals surface area contributed by atoms with E-state index in [1.54, 1.807) is 25.3 Å². The van der Waals surface area contributed by atoms with Gasteiger partial charge >= 0.3 is 0 Å². The van der Waals surface area contributed by atoms with Crippen molar-refractivity contribution in [2.24, 2.45) is 0 Å². The van der Waals surface area contributed by atoms with Crippen LogP contribution in [0.1, 0.15) is 23.0 Å². The minimum Gasteiger partial charge on any atom is -0.370 e. The molecule has 0 aliphatic rings. The van der Waals surface area contributed by atoms with Crippen LogP contribution in [-0.4, -0.2) is 22.4 Å².